The van der Waals surface area contributed by atoms with Crippen LogP contribution in [0.3, 0.4) is 0 Å². The largest absolute Gasteiger partial charge is 0.466 e. The average Bonchev–Trinajstić information content (AvgIpc) is 2.62. The van der Waals surface area contributed by atoms with Crippen molar-refractivity contribution in [3.8, 4) is 0 Å². The molecule has 0 bridgehead atoms. The van der Waals surface area contributed by atoms with Crippen LogP contribution in [0.1, 0.15) is 31.7 Å². The van der Waals surface area contributed by atoms with Gasteiger partial charge in [-0.1, -0.05) is 42.5 Å². The van der Waals surface area contributed by atoms with Gasteiger partial charge in [-0.15, -0.1) is 0 Å². The summed E-state index contributed by atoms with van der Waals surface area (Å²) >= 11 is 0. The van der Waals surface area contributed by atoms with E-state index >= 15 is 0 Å². The highest BCUT2D eigenvalue weighted by atomic mass is 16.5. The molecule has 3 heteroatoms. The van der Waals surface area contributed by atoms with E-state index in [1.54, 1.807) is 0 Å². The molecular weight excluding hydrogens is 298 g/mol. The Balaban J connectivity index is 1.55. The number of fused-ring (bicyclic) bond motifs is 1. The first-order valence-corrected chi connectivity index (χ1v) is 8.82. The van der Waals surface area contributed by atoms with Crippen molar-refractivity contribution >= 4 is 22.3 Å². The smallest absolute Gasteiger partial charge is 0.305 e. The number of carbonyl (C=O) groups is 1. The molecule has 0 saturated carbocycles. The minimum atomic E-state index is -0.0816. The Morgan fingerprint density at radius 2 is 2.00 bits per heavy atom. The third-order valence-electron chi connectivity index (χ3n) is 4.57. The summed E-state index contributed by atoms with van der Waals surface area (Å²) in [5, 5.41) is 2.59. The van der Waals surface area contributed by atoms with Crippen molar-refractivity contribution < 1.29 is 9.53 Å². The summed E-state index contributed by atoms with van der Waals surface area (Å²) < 4.78 is 4.97. The minimum Gasteiger partial charge on any atom is -0.466 e. The van der Waals surface area contributed by atoms with Crippen LogP contribution >= 0.6 is 0 Å². The van der Waals surface area contributed by atoms with Crippen molar-refractivity contribution in [2.24, 2.45) is 0 Å². The van der Waals surface area contributed by atoms with E-state index in [2.05, 4.69) is 53.4 Å². The van der Waals surface area contributed by atoms with Gasteiger partial charge in [-0.3, -0.25) is 9.69 Å². The van der Waals surface area contributed by atoms with Gasteiger partial charge in [-0.25, -0.2) is 0 Å². The zero-order valence-corrected chi connectivity index (χ0v) is 14.3. The van der Waals surface area contributed by atoms with E-state index in [1.165, 1.54) is 21.9 Å². The van der Waals surface area contributed by atoms with Crippen LogP contribution < -0.4 is 0 Å². The van der Waals surface area contributed by atoms with Crippen LogP contribution in [0, 0.1) is 0 Å². The Kier molecular flexibility index (Phi) is 5.65. The standard InChI is InChI=1S/C21H25NO2/c1-2-24-21(23)8-5-13-22-14-11-18(12-15-22)20-10-9-17-6-3-4-7-19(17)16-20/h3-4,6-7,9-11,16H,2,5,8,12-15H2,1H3. The molecule has 0 spiro atoms. The van der Waals surface area contributed by atoms with Gasteiger partial charge in [0.1, 0.15) is 0 Å². The van der Waals surface area contributed by atoms with Gasteiger partial charge in [-0.2, -0.15) is 0 Å². The fourth-order valence-electron chi connectivity index (χ4n) is 3.25. The molecule has 1 aliphatic heterocycles. The summed E-state index contributed by atoms with van der Waals surface area (Å²) in [7, 11) is 0. The predicted octanol–water partition coefficient (Wildman–Crippen LogP) is 4.27. The third-order valence-corrected chi connectivity index (χ3v) is 4.57. The average molecular weight is 323 g/mol. The summed E-state index contributed by atoms with van der Waals surface area (Å²) in [4.78, 5) is 13.8. The topological polar surface area (TPSA) is 29.5 Å². The van der Waals surface area contributed by atoms with Crippen molar-refractivity contribution in [3.63, 3.8) is 0 Å². The second kappa shape index (κ2) is 8.11. The molecule has 0 aromatic heterocycles. The molecule has 1 aliphatic rings. The first-order valence-electron chi connectivity index (χ1n) is 8.82. The van der Waals surface area contributed by atoms with E-state index in [-0.39, 0.29) is 5.97 Å². The highest BCUT2D eigenvalue weighted by Crippen LogP contribution is 2.25. The van der Waals surface area contributed by atoms with Gasteiger partial charge >= 0.3 is 5.97 Å². The number of carbonyl (C=O) groups excluding carboxylic acids is 1. The number of hydrogen-bond donors (Lipinski definition) is 0. The van der Waals surface area contributed by atoms with Crippen molar-refractivity contribution in [1.29, 1.82) is 0 Å². The van der Waals surface area contributed by atoms with Crippen LogP contribution in [0.2, 0.25) is 0 Å². The van der Waals surface area contributed by atoms with Crippen LogP contribution in [-0.2, 0) is 9.53 Å². The Morgan fingerprint density at radius 3 is 2.75 bits per heavy atom. The number of esters is 1. The normalized spacial score (nSPS) is 15.3. The number of rotatable bonds is 6. The number of ether oxygens (including phenoxy) is 1. The van der Waals surface area contributed by atoms with Gasteiger partial charge in [-0.05, 0) is 54.3 Å². The molecule has 2 aromatic rings. The second-order valence-corrected chi connectivity index (χ2v) is 6.25. The minimum absolute atomic E-state index is 0.0816. The van der Waals surface area contributed by atoms with Crippen LogP contribution in [-0.4, -0.2) is 37.1 Å². The second-order valence-electron chi connectivity index (χ2n) is 6.25. The highest BCUT2D eigenvalue weighted by Gasteiger charge is 2.13. The summed E-state index contributed by atoms with van der Waals surface area (Å²) in [5.41, 5.74) is 2.77. The lowest BCUT2D eigenvalue weighted by atomic mass is 9.97. The molecule has 24 heavy (non-hydrogen) atoms. The quantitative estimate of drug-likeness (QED) is 0.743. The van der Waals surface area contributed by atoms with Crippen molar-refractivity contribution in [1.82, 2.24) is 4.90 Å². The predicted molar refractivity (Wildman–Crippen MR) is 98.8 cm³/mol. The molecule has 0 unspecified atom stereocenters. The monoisotopic (exact) mass is 323 g/mol. The molecule has 0 atom stereocenters. The molecule has 0 fully saturated rings. The molecule has 0 aliphatic carbocycles. The van der Waals surface area contributed by atoms with Gasteiger partial charge in [0, 0.05) is 19.5 Å². The Morgan fingerprint density at radius 1 is 1.17 bits per heavy atom. The van der Waals surface area contributed by atoms with E-state index in [9.17, 15) is 4.79 Å². The maximum absolute atomic E-state index is 11.4. The molecule has 0 N–H and O–H groups in total. The van der Waals surface area contributed by atoms with Crippen LogP contribution in [0.25, 0.3) is 16.3 Å². The van der Waals surface area contributed by atoms with E-state index in [4.69, 9.17) is 4.74 Å². The molecule has 3 nitrogen and oxygen atoms in total. The zero-order valence-electron chi connectivity index (χ0n) is 14.3. The van der Waals surface area contributed by atoms with Gasteiger partial charge in [0.2, 0.25) is 0 Å². The van der Waals surface area contributed by atoms with Gasteiger partial charge in [0.05, 0.1) is 6.61 Å². The van der Waals surface area contributed by atoms with Gasteiger partial charge < -0.3 is 4.74 Å². The molecule has 0 radical (unpaired) electrons. The lowest BCUT2D eigenvalue weighted by Gasteiger charge is -2.26. The maximum Gasteiger partial charge on any atom is 0.305 e. The Bertz CT molecular complexity index is 735. The van der Waals surface area contributed by atoms with E-state index in [0.717, 1.165) is 32.5 Å². The van der Waals surface area contributed by atoms with Crippen LogP contribution in [0.15, 0.2) is 48.5 Å². The van der Waals surface area contributed by atoms with Gasteiger partial charge in [0.25, 0.3) is 0 Å². The van der Waals surface area contributed by atoms with Crippen molar-refractivity contribution in [2.45, 2.75) is 26.2 Å². The summed E-state index contributed by atoms with van der Waals surface area (Å²) in [5.74, 6) is -0.0816. The highest BCUT2D eigenvalue weighted by molar-refractivity contribution is 5.86. The molecule has 0 saturated heterocycles. The number of hydrogen-bond acceptors (Lipinski definition) is 3. The van der Waals surface area contributed by atoms with E-state index < -0.39 is 0 Å². The SMILES string of the molecule is CCOC(=O)CCCN1CC=C(c2ccc3ccccc3c2)CC1. The molecule has 1 heterocycles. The Hall–Kier alpha value is -2.13. The Labute approximate surface area is 143 Å². The summed E-state index contributed by atoms with van der Waals surface area (Å²) in [6.07, 6.45) is 4.79. The summed E-state index contributed by atoms with van der Waals surface area (Å²) in [6, 6.07) is 15.2. The third kappa shape index (κ3) is 4.24. The molecule has 126 valence electrons. The molecule has 2 aromatic carbocycles. The lowest BCUT2D eigenvalue weighted by molar-refractivity contribution is -0.143. The molecular formula is C21H25NO2. The van der Waals surface area contributed by atoms with E-state index in [1.807, 2.05) is 6.92 Å². The first-order chi connectivity index (χ1) is 11.8. The fraction of sp³-hybridized carbons (Fsp3) is 0.381. The van der Waals surface area contributed by atoms with Gasteiger partial charge in [0.15, 0.2) is 0 Å². The summed E-state index contributed by atoms with van der Waals surface area (Å²) in [6.45, 7) is 5.30. The van der Waals surface area contributed by atoms with Crippen LogP contribution in [0.4, 0.5) is 0 Å². The van der Waals surface area contributed by atoms with E-state index in [0.29, 0.717) is 13.0 Å². The zero-order chi connectivity index (χ0) is 16.8. The molecule has 3 rings (SSSR count). The first kappa shape index (κ1) is 16.7. The molecule has 0 amide bonds. The lowest BCUT2D eigenvalue weighted by Crippen LogP contribution is -2.29. The van der Waals surface area contributed by atoms with Crippen molar-refractivity contribution in [3.05, 3.63) is 54.1 Å². The van der Waals surface area contributed by atoms with Crippen molar-refractivity contribution in [2.75, 3.05) is 26.2 Å². The van der Waals surface area contributed by atoms with Crippen LogP contribution in [0.5, 0.6) is 0 Å². The fourth-order valence-corrected chi connectivity index (χ4v) is 3.25. The number of benzene rings is 2. The maximum atomic E-state index is 11.4. The number of nitrogens with zero attached hydrogens (tertiary/aromatic N) is 1.